The van der Waals surface area contributed by atoms with Gasteiger partial charge < -0.3 is 0 Å². The van der Waals surface area contributed by atoms with Gasteiger partial charge in [-0.1, -0.05) is 48.5 Å². The van der Waals surface area contributed by atoms with Gasteiger partial charge in [0.15, 0.2) is 0 Å². The van der Waals surface area contributed by atoms with Crippen LogP contribution in [0.1, 0.15) is 45.6 Å². The Labute approximate surface area is 536 Å². The largest absolute Gasteiger partial charge is 2.00 e. The van der Waals surface area contributed by atoms with Crippen molar-refractivity contribution in [3.05, 3.63) is 264 Å². The number of hydrogen-bond donors (Lipinski definition) is 0. The van der Waals surface area contributed by atoms with Crippen molar-refractivity contribution < 1.29 is 39.0 Å². The van der Waals surface area contributed by atoms with E-state index < -0.39 is 0 Å². The Morgan fingerprint density at radius 1 is 0.170 bits per heavy atom. The first-order valence-electron chi connectivity index (χ1n) is 28.2. The first-order valence-corrected chi connectivity index (χ1v) is 28.2. The summed E-state index contributed by atoms with van der Waals surface area (Å²) in [5.74, 6) is 0. The predicted octanol–water partition coefficient (Wildman–Crippen LogP) is 16.0. The molecule has 0 bridgehead atoms. The summed E-state index contributed by atoms with van der Waals surface area (Å²) in [5.41, 5.74) is 22.3. The molecule has 15 rings (SSSR count). The molecule has 0 radical (unpaired) electrons. The summed E-state index contributed by atoms with van der Waals surface area (Å²) in [4.78, 5) is 64.0. The molecule has 0 saturated heterocycles. The van der Waals surface area contributed by atoms with E-state index >= 15 is 0 Å². The van der Waals surface area contributed by atoms with Crippen LogP contribution in [0.15, 0.2) is 219 Å². The van der Waals surface area contributed by atoms with E-state index in [4.69, 9.17) is 9.97 Å². The molecule has 0 aliphatic rings. The number of nitrogens with zero attached hydrogens (tertiary/aromatic N) is 14. The third-order valence-corrected chi connectivity index (χ3v) is 13.8. The fraction of sp³-hybridized carbons (Fsp3) is 0.111. The minimum atomic E-state index is 0. The molecule has 15 aromatic rings. The molecule has 13 aromatic heterocycles. The molecule has 0 aliphatic heterocycles. The van der Waals surface area contributed by atoms with Crippen molar-refractivity contribution in [2.75, 3.05) is 0 Å². The van der Waals surface area contributed by atoms with Crippen molar-refractivity contribution >= 4 is 65.7 Å². The molecule has 88 heavy (non-hydrogen) atoms. The van der Waals surface area contributed by atoms with E-state index in [0.717, 1.165) is 157 Å². The third-order valence-electron chi connectivity index (χ3n) is 13.8. The minimum Gasteiger partial charge on any atom is -0.254 e. The molecule has 2 aromatic carbocycles. The van der Waals surface area contributed by atoms with Crippen LogP contribution in [-0.2, 0) is 39.0 Å². The molecule has 0 spiro atoms. The predicted molar refractivity (Wildman–Crippen MR) is 346 cm³/mol. The van der Waals surface area contributed by atoms with E-state index in [-0.39, 0.29) is 39.0 Å². The maximum atomic E-state index is 5.14. The Morgan fingerprint density at radius 2 is 0.330 bits per heavy atom. The van der Waals surface area contributed by atoms with Crippen molar-refractivity contribution in [1.82, 2.24) is 69.8 Å². The zero-order valence-electron chi connectivity index (χ0n) is 49.8. The van der Waals surface area contributed by atoms with Gasteiger partial charge in [0.05, 0.1) is 89.7 Å². The number of benzene rings is 2. The molecule has 0 atom stereocenters. The van der Waals surface area contributed by atoms with Gasteiger partial charge in [-0.25, -0.2) is 9.97 Å². The fourth-order valence-electron chi connectivity index (χ4n) is 9.81. The van der Waals surface area contributed by atoms with E-state index in [1.54, 1.807) is 24.8 Å². The number of fused-ring (bicyclic) bond motifs is 12. The second-order valence-corrected chi connectivity index (χ2v) is 20.5. The van der Waals surface area contributed by atoms with E-state index in [0.29, 0.717) is 0 Å². The summed E-state index contributed by atoms with van der Waals surface area (Å²) in [5, 5.41) is 3.76. The number of pyridine rings is 12. The Balaban J connectivity index is 0.000000137. The third kappa shape index (κ3) is 14.8. The van der Waals surface area contributed by atoms with Crippen molar-refractivity contribution in [2.24, 2.45) is 0 Å². The Bertz CT molecular complexity index is 4140. The van der Waals surface area contributed by atoms with E-state index in [1.807, 2.05) is 250 Å². The van der Waals surface area contributed by atoms with Crippen molar-refractivity contribution in [2.45, 2.75) is 55.4 Å². The van der Waals surface area contributed by atoms with Crippen LogP contribution in [0.3, 0.4) is 0 Å². The van der Waals surface area contributed by atoms with Gasteiger partial charge in [-0.15, -0.1) is 0 Å². The molecule has 0 aliphatic carbocycles. The maximum absolute atomic E-state index is 5.14. The molecule has 14 nitrogen and oxygen atoms in total. The second-order valence-electron chi connectivity index (χ2n) is 20.5. The summed E-state index contributed by atoms with van der Waals surface area (Å²) >= 11 is 0. The van der Waals surface area contributed by atoms with Crippen LogP contribution in [0, 0.1) is 55.4 Å². The van der Waals surface area contributed by atoms with Crippen LogP contribution >= 0.6 is 0 Å². The molecule has 16 heteroatoms. The minimum absolute atomic E-state index is 0. The van der Waals surface area contributed by atoms with Gasteiger partial charge in [-0.05, 0) is 201 Å². The average Bonchev–Trinajstić information content (AvgIpc) is 1.01. The zero-order chi connectivity index (χ0) is 59.5. The van der Waals surface area contributed by atoms with Crippen molar-refractivity contribution in [1.29, 1.82) is 0 Å². The monoisotopic (exact) mass is 1320 g/mol. The summed E-state index contributed by atoms with van der Waals surface area (Å²) < 4.78 is 0. The summed E-state index contributed by atoms with van der Waals surface area (Å²) in [7, 11) is 0. The van der Waals surface area contributed by atoms with E-state index in [9.17, 15) is 0 Å². The summed E-state index contributed by atoms with van der Waals surface area (Å²) in [6, 6.07) is 63.6. The van der Waals surface area contributed by atoms with Crippen LogP contribution in [0.5, 0.6) is 0 Å². The van der Waals surface area contributed by atoms with Gasteiger partial charge in [-0.3, -0.25) is 59.8 Å². The van der Waals surface area contributed by atoms with Crippen LogP contribution in [-0.4, -0.2) is 69.8 Å². The number of hydrogen-bond acceptors (Lipinski definition) is 14. The summed E-state index contributed by atoms with van der Waals surface area (Å²) in [6.45, 7) is 15.9. The smallest absolute Gasteiger partial charge is 0.254 e. The normalized spacial score (nSPS) is 10.5. The topological polar surface area (TPSA) is 180 Å². The molecule has 13 heterocycles. The average molecular weight is 1320 g/mol. The van der Waals surface area contributed by atoms with Crippen LogP contribution in [0.2, 0.25) is 0 Å². The molecular formula is C72H60N14Ru2+4. The molecular weight excluding hydrogens is 1260 g/mol. The van der Waals surface area contributed by atoms with Crippen LogP contribution in [0.4, 0.5) is 0 Å². The van der Waals surface area contributed by atoms with Gasteiger partial charge in [0.2, 0.25) is 0 Å². The molecule has 0 N–H and O–H groups in total. The SMILES string of the molecule is Cc1cccc(-c2cccc(C)n2)n1.Cc1cccc(-c2cccc(C)n2)n1.Cc1cccc(-c2cccc(C)n2)n1.Cc1cccc(-c2cccc(C)n2)n1.[Ru+2].[Ru+2].c1cnc2c(c1)c1nc3c4cccnc4c4ncccc4c3nc1c1cccnc12. The number of rotatable bonds is 4. The second kappa shape index (κ2) is 29.0. The quantitative estimate of drug-likeness (QED) is 0.0922. The molecule has 0 saturated carbocycles. The standard InChI is InChI=1S/C24H12N6.4C12H12N2.2Ru/c1-5-13-17(25-9-1)18-14(6-2-10-26-18)22-21(13)29-23-15-7-3-11-27-19(15)20-16(24(23)30-22)8-4-12-28-20;4*1-9-5-3-7-11(13-9)12-8-4-6-10(2)14-12;;/h1-12H;4*3-8H,1-2H3;;/q;;;;;2*+2. The molecule has 0 unspecified atom stereocenters. The van der Waals surface area contributed by atoms with Gasteiger partial charge in [-0.2, -0.15) is 0 Å². The number of aryl methyl sites for hydroxylation is 8. The van der Waals surface area contributed by atoms with Gasteiger partial charge in [0, 0.05) is 91.9 Å². The maximum Gasteiger partial charge on any atom is 2.00 e. The Hall–Kier alpha value is -9.87. The van der Waals surface area contributed by atoms with Gasteiger partial charge >= 0.3 is 39.0 Å². The Kier molecular flexibility index (Phi) is 20.7. The molecule has 430 valence electrons. The van der Waals surface area contributed by atoms with E-state index in [1.165, 1.54) is 0 Å². The Morgan fingerprint density at radius 3 is 0.477 bits per heavy atom. The molecule has 0 amide bonds. The fourth-order valence-corrected chi connectivity index (χ4v) is 9.81. The molecule has 0 fully saturated rings. The first-order chi connectivity index (χ1) is 41.9. The zero-order valence-corrected chi connectivity index (χ0v) is 53.2. The van der Waals surface area contributed by atoms with Crippen molar-refractivity contribution in [3.8, 4) is 45.6 Å². The van der Waals surface area contributed by atoms with Crippen LogP contribution in [0.25, 0.3) is 111 Å². The van der Waals surface area contributed by atoms with Gasteiger partial charge in [0.25, 0.3) is 0 Å². The van der Waals surface area contributed by atoms with Gasteiger partial charge in [0.1, 0.15) is 0 Å². The van der Waals surface area contributed by atoms with Crippen LogP contribution < -0.4 is 0 Å². The number of aromatic nitrogens is 14. The first kappa shape index (κ1) is 62.7. The van der Waals surface area contributed by atoms with Crippen molar-refractivity contribution in [3.63, 3.8) is 0 Å². The van der Waals surface area contributed by atoms with E-state index in [2.05, 4.69) is 59.8 Å². The summed E-state index contributed by atoms with van der Waals surface area (Å²) in [6.07, 6.45) is 7.15.